The van der Waals surface area contributed by atoms with Gasteiger partial charge in [0.25, 0.3) is 0 Å². The van der Waals surface area contributed by atoms with Crippen molar-refractivity contribution in [3.63, 3.8) is 0 Å². The number of aromatic nitrogens is 3. The molecule has 0 saturated heterocycles. The van der Waals surface area contributed by atoms with Gasteiger partial charge in [-0.1, -0.05) is 6.92 Å². The summed E-state index contributed by atoms with van der Waals surface area (Å²) in [4.78, 5) is 15.5. The van der Waals surface area contributed by atoms with E-state index in [4.69, 9.17) is 5.73 Å². The van der Waals surface area contributed by atoms with Gasteiger partial charge in [0, 0.05) is 13.0 Å². The highest BCUT2D eigenvalue weighted by molar-refractivity contribution is 5.78. The summed E-state index contributed by atoms with van der Waals surface area (Å²) in [5, 5.41) is 6.82. The van der Waals surface area contributed by atoms with Crippen molar-refractivity contribution in [3.8, 4) is 0 Å². The smallest absolute Gasteiger partial charge is 0.223 e. The van der Waals surface area contributed by atoms with Crippen molar-refractivity contribution in [2.45, 2.75) is 19.9 Å². The Morgan fingerprint density at radius 3 is 3.00 bits per heavy atom. The van der Waals surface area contributed by atoms with Gasteiger partial charge in [-0.05, 0) is 13.0 Å². The topological polar surface area (TPSA) is 85.8 Å². The minimum absolute atomic E-state index is 0.00657. The molecule has 0 spiro atoms. The lowest BCUT2D eigenvalue weighted by Gasteiger charge is -2.09. The van der Waals surface area contributed by atoms with Crippen LogP contribution in [0.1, 0.15) is 19.2 Å². The molecule has 1 unspecified atom stereocenters. The van der Waals surface area contributed by atoms with Crippen LogP contribution in [-0.4, -0.2) is 27.2 Å². The second-order valence-electron chi connectivity index (χ2n) is 3.53. The van der Waals surface area contributed by atoms with Crippen molar-refractivity contribution in [1.29, 1.82) is 0 Å². The van der Waals surface area contributed by atoms with Gasteiger partial charge in [0.1, 0.15) is 6.33 Å². The first-order valence-electron chi connectivity index (χ1n) is 4.95. The lowest BCUT2D eigenvalue weighted by molar-refractivity contribution is -0.124. The highest BCUT2D eigenvalue weighted by Gasteiger charge is 2.11. The number of hydrogen-bond acceptors (Lipinski definition) is 4. The first kappa shape index (κ1) is 11.6. The van der Waals surface area contributed by atoms with Crippen LogP contribution in [0.4, 0.5) is 0 Å². The van der Waals surface area contributed by atoms with Crippen LogP contribution in [-0.2, 0) is 18.4 Å². The lowest BCUT2D eigenvalue weighted by atomic mass is 10.1. The van der Waals surface area contributed by atoms with E-state index in [9.17, 15) is 4.79 Å². The second-order valence-corrected chi connectivity index (χ2v) is 3.53. The monoisotopic (exact) mass is 211 g/mol. The van der Waals surface area contributed by atoms with Crippen molar-refractivity contribution in [2.24, 2.45) is 18.7 Å². The third-order valence-electron chi connectivity index (χ3n) is 2.12. The van der Waals surface area contributed by atoms with E-state index < -0.39 is 0 Å². The Balaban J connectivity index is 2.34. The third-order valence-corrected chi connectivity index (χ3v) is 2.12. The molecule has 1 aromatic rings. The van der Waals surface area contributed by atoms with E-state index >= 15 is 0 Å². The van der Waals surface area contributed by atoms with Crippen LogP contribution in [0, 0.1) is 5.92 Å². The van der Waals surface area contributed by atoms with Gasteiger partial charge in [0.2, 0.25) is 5.91 Å². The van der Waals surface area contributed by atoms with Gasteiger partial charge in [-0.15, -0.1) is 0 Å². The lowest BCUT2D eigenvalue weighted by Crippen LogP contribution is -2.30. The van der Waals surface area contributed by atoms with E-state index in [2.05, 4.69) is 15.4 Å². The summed E-state index contributed by atoms with van der Waals surface area (Å²) in [6.45, 7) is 2.75. The fourth-order valence-electron chi connectivity index (χ4n) is 1.19. The molecule has 0 aromatic carbocycles. The molecule has 0 bridgehead atoms. The fraction of sp³-hybridized carbons (Fsp3) is 0.667. The van der Waals surface area contributed by atoms with Crippen LogP contribution in [0.3, 0.4) is 0 Å². The van der Waals surface area contributed by atoms with Crippen LogP contribution in [0.5, 0.6) is 0 Å². The Morgan fingerprint density at radius 1 is 1.73 bits per heavy atom. The summed E-state index contributed by atoms with van der Waals surface area (Å²) in [6, 6.07) is 0. The van der Waals surface area contributed by atoms with E-state index in [1.54, 1.807) is 18.1 Å². The summed E-state index contributed by atoms with van der Waals surface area (Å²) >= 11 is 0. The molecule has 0 aliphatic heterocycles. The van der Waals surface area contributed by atoms with Gasteiger partial charge < -0.3 is 11.1 Å². The van der Waals surface area contributed by atoms with Gasteiger partial charge in [-0.25, -0.2) is 4.98 Å². The zero-order valence-corrected chi connectivity index (χ0v) is 9.10. The molecule has 6 heteroatoms. The molecule has 0 aliphatic carbocycles. The molecule has 15 heavy (non-hydrogen) atoms. The molecule has 1 atom stereocenters. The number of nitrogens with two attached hydrogens (primary N) is 1. The summed E-state index contributed by atoms with van der Waals surface area (Å²) in [5.74, 6) is 0.553. The van der Waals surface area contributed by atoms with Gasteiger partial charge in [-0.3, -0.25) is 9.48 Å². The van der Waals surface area contributed by atoms with E-state index in [1.165, 1.54) is 0 Å². The Bertz CT molecular complexity index is 322. The van der Waals surface area contributed by atoms with E-state index in [1.807, 2.05) is 6.92 Å². The summed E-state index contributed by atoms with van der Waals surface area (Å²) < 4.78 is 1.60. The molecule has 84 valence electrons. The Hall–Kier alpha value is -1.43. The number of nitrogens with zero attached hydrogens (tertiary/aromatic N) is 3. The van der Waals surface area contributed by atoms with E-state index in [-0.39, 0.29) is 11.8 Å². The summed E-state index contributed by atoms with van der Waals surface area (Å²) in [5.41, 5.74) is 5.37. The molecule has 1 amide bonds. The molecule has 0 saturated carbocycles. The molecule has 1 rings (SSSR count). The Labute approximate surface area is 88.9 Å². The number of nitrogens with one attached hydrogen (secondary N) is 1. The van der Waals surface area contributed by atoms with Gasteiger partial charge in [-0.2, -0.15) is 5.10 Å². The highest BCUT2D eigenvalue weighted by atomic mass is 16.1. The quantitative estimate of drug-likeness (QED) is 0.682. The average molecular weight is 211 g/mol. The molecule has 1 heterocycles. The van der Waals surface area contributed by atoms with Gasteiger partial charge >= 0.3 is 0 Å². The van der Waals surface area contributed by atoms with Crippen molar-refractivity contribution in [1.82, 2.24) is 20.1 Å². The van der Waals surface area contributed by atoms with Crippen molar-refractivity contribution < 1.29 is 4.79 Å². The Morgan fingerprint density at radius 2 is 2.47 bits per heavy atom. The maximum absolute atomic E-state index is 11.5. The van der Waals surface area contributed by atoms with Crippen LogP contribution < -0.4 is 11.1 Å². The molecule has 3 N–H and O–H groups in total. The zero-order chi connectivity index (χ0) is 11.3. The van der Waals surface area contributed by atoms with Gasteiger partial charge in [0.15, 0.2) is 5.82 Å². The highest BCUT2D eigenvalue weighted by Crippen LogP contribution is 2.00. The van der Waals surface area contributed by atoms with Gasteiger partial charge in [0.05, 0.1) is 6.54 Å². The second kappa shape index (κ2) is 5.45. The predicted octanol–water partition coefficient (Wildman–Crippen LogP) is -0.584. The summed E-state index contributed by atoms with van der Waals surface area (Å²) in [7, 11) is 1.79. The molecule has 0 fully saturated rings. The van der Waals surface area contributed by atoms with Crippen molar-refractivity contribution >= 4 is 5.91 Å². The Kier molecular flexibility index (Phi) is 4.23. The molecule has 1 aromatic heterocycles. The number of rotatable bonds is 5. The van der Waals surface area contributed by atoms with E-state index in [0.29, 0.717) is 25.3 Å². The maximum atomic E-state index is 11.5. The predicted molar refractivity (Wildman–Crippen MR) is 55.7 cm³/mol. The number of carbonyl (C=O) groups is 1. The van der Waals surface area contributed by atoms with Crippen molar-refractivity contribution in [3.05, 3.63) is 12.2 Å². The summed E-state index contributed by atoms with van der Waals surface area (Å²) in [6.07, 6.45) is 2.30. The molecular formula is C9H17N5O. The zero-order valence-electron chi connectivity index (χ0n) is 9.10. The third kappa shape index (κ3) is 3.67. The molecule has 0 aliphatic rings. The normalized spacial score (nSPS) is 12.5. The number of hydrogen-bond donors (Lipinski definition) is 2. The van der Waals surface area contributed by atoms with E-state index in [0.717, 1.165) is 0 Å². The number of carbonyl (C=O) groups excluding carboxylic acids is 1. The largest absolute Gasteiger partial charge is 0.348 e. The molecular weight excluding hydrogens is 194 g/mol. The van der Waals surface area contributed by atoms with Crippen LogP contribution in [0.15, 0.2) is 6.33 Å². The van der Waals surface area contributed by atoms with Crippen LogP contribution in [0.25, 0.3) is 0 Å². The molecule has 0 radical (unpaired) electrons. The minimum atomic E-state index is -0.0567. The SMILES string of the molecule is CC(CCN)C(=O)NCc1ncn(C)n1. The standard InChI is InChI=1S/C9H17N5O/c1-7(3-4-10)9(15)11-5-8-12-6-14(2)13-8/h6-7H,3-5,10H2,1-2H3,(H,11,15). The average Bonchev–Trinajstić information content (AvgIpc) is 2.61. The first-order chi connectivity index (χ1) is 7.13. The minimum Gasteiger partial charge on any atom is -0.348 e. The number of amides is 1. The van der Waals surface area contributed by atoms with Crippen LogP contribution in [0.2, 0.25) is 0 Å². The first-order valence-corrected chi connectivity index (χ1v) is 4.95. The molecule has 6 nitrogen and oxygen atoms in total. The number of aryl methyl sites for hydroxylation is 1. The maximum Gasteiger partial charge on any atom is 0.223 e. The van der Waals surface area contributed by atoms with Crippen LogP contribution >= 0.6 is 0 Å². The van der Waals surface area contributed by atoms with Crippen molar-refractivity contribution in [2.75, 3.05) is 6.54 Å². The fourth-order valence-corrected chi connectivity index (χ4v) is 1.19.